The molecule has 0 bridgehead atoms. The van der Waals surface area contributed by atoms with Crippen molar-refractivity contribution in [3.8, 4) is 0 Å². The lowest BCUT2D eigenvalue weighted by molar-refractivity contribution is -0.188. The Kier molecular flexibility index (Phi) is 3.90. The number of amides is 1. The predicted molar refractivity (Wildman–Crippen MR) is 83.2 cm³/mol. The number of aromatic nitrogens is 2. The molecule has 3 aliphatic heterocycles. The molecule has 1 amide bonds. The topological polar surface area (TPSA) is 73.7 Å². The number of piperidine rings is 1. The molecule has 1 atom stereocenters. The summed E-state index contributed by atoms with van der Waals surface area (Å²) in [5.41, 5.74) is -0.0923. The van der Waals surface area contributed by atoms with Gasteiger partial charge in [-0.3, -0.25) is 14.2 Å². The average molecular weight is 337 g/mol. The lowest BCUT2D eigenvalue weighted by atomic mass is 10.0. The summed E-state index contributed by atoms with van der Waals surface area (Å²) >= 11 is 1.48. The van der Waals surface area contributed by atoms with Crippen LogP contribution in [-0.2, 0) is 20.8 Å². The van der Waals surface area contributed by atoms with Crippen molar-refractivity contribution >= 4 is 17.7 Å². The fraction of sp³-hybridized carbons (Fsp3) is 0.667. The van der Waals surface area contributed by atoms with Crippen LogP contribution in [0, 0.1) is 5.92 Å². The number of carbonyl (C=O) groups excluding carboxylic acids is 1. The molecule has 8 heteroatoms. The minimum atomic E-state index is -0.467. The smallest absolute Gasteiger partial charge is 0.254 e. The molecule has 3 aliphatic rings. The van der Waals surface area contributed by atoms with Crippen LogP contribution < -0.4 is 5.56 Å². The number of carbonyl (C=O) groups is 1. The van der Waals surface area contributed by atoms with Crippen molar-refractivity contribution in [3.63, 3.8) is 0 Å². The summed E-state index contributed by atoms with van der Waals surface area (Å²) in [6.07, 6.45) is 2.96. The van der Waals surface area contributed by atoms with Gasteiger partial charge < -0.3 is 14.4 Å². The first-order chi connectivity index (χ1) is 11.2. The number of thioether (sulfide) groups is 1. The molecule has 0 aliphatic carbocycles. The lowest BCUT2D eigenvalue weighted by Crippen LogP contribution is -2.50. The third-order valence-electron chi connectivity index (χ3n) is 4.72. The normalized spacial score (nSPS) is 26.3. The van der Waals surface area contributed by atoms with Gasteiger partial charge in [0.1, 0.15) is 0 Å². The summed E-state index contributed by atoms with van der Waals surface area (Å²) in [4.78, 5) is 30.8. The zero-order valence-corrected chi connectivity index (χ0v) is 13.6. The van der Waals surface area contributed by atoms with Crippen molar-refractivity contribution in [1.82, 2.24) is 14.5 Å². The fourth-order valence-corrected chi connectivity index (χ4v) is 4.47. The number of nitrogens with zero attached hydrogens (tertiary/aromatic N) is 3. The van der Waals surface area contributed by atoms with E-state index in [9.17, 15) is 9.59 Å². The lowest BCUT2D eigenvalue weighted by Gasteiger charge is -2.39. The second-order valence-corrected chi connectivity index (χ2v) is 7.10. The quantitative estimate of drug-likeness (QED) is 0.688. The van der Waals surface area contributed by atoms with Crippen LogP contribution in [0.3, 0.4) is 0 Å². The van der Waals surface area contributed by atoms with Crippen LogP contribution in [0.1, 0.15) is 12.8 Å². The first kappa shape index (κ1) is 15.2. The number of fused-ring (bicyclic) bond motifs is 1. The van der Waals surface area contributed by atoms with E-state index in [2.05, 4.69) is 4.98 Å². The minimum Gasteiger partial charge on any atom is -0.347 e. The van der Waals surface area contributed by atoms with E-state index < -0.39 is 5.79 Å². The van der Waals surface area contributed by atoms with Crippen LogP contribution in [-0.4, -0.2) is 58.2 Å². The maximum atomic E-state index is 12.8. The van der Waals surface area contributed by atoms with Crippen molar-refractivity contribution in [1.29, 1.82) is 0 Å². The predicted octanol–water partition coefficient (Wildman–Crippen LogP) is 0.331. The molecule has 0 unspecified atom stereocenters. The van der Waals surface area contributed by atoms with Gasteiger partial charge in [0, 0.05) is 50.5 Å². The van der Waals surface area contributed by atoms with Gasteiger partial charge in [-0.25, -0.2) is 4.98 Å². The molecular formula is C15H19N3O4S. The van der Waals surface area contributed by atoms with Gasteiger partial charge in [0.15, 0.2) is 10.9 Å². The van der Waals surface area contributed by atoms with Gasteiger partial charge in [0.25, 0.3) is 5.56 Å². The van der Waals surface area contributed by atoms with Crippen molar-refractivity contribution in [2.45, 2.75) is 30.3 Å². The molecule has 7 nitrogen and oxygen atoms in total. The van der Waals surface area contributed by atoms with Gasteiger partial charge in [0.2, 0.25) is 5.91 Å². The molecule has 23 heavy (non-hydrogen) atoms. The SMILES string of the molecule is O=C([C@@H]1CSc2nccc(=O)n2C1)N1CCC2(CC1)OCCO2. The number of hydrogen-bond donors (Lipinski definition) is 0. The van der Waals surface area contributed by atoms with Crippen LogP contribution in [0.15, 0.2) is 22.2 Å². The van der Waals surface area contributed by atoms with E-state index in [1.807, 2.05) is 4.90 Å². The van der Waals surface area contributed by atoms with E-state index in [1.54, 1.807) is 4.57 Å². The van der Waals surface area contributed by atoms with Crippen LogP contribution >= 0.6 is 11.8 Å². The number of likely N-dealkylation sites (tertiary alicyclic amines) is 1. The number of ether oxygens (including phenoxy) is 2. The Hall–Kier alpha value is -1.38. The van der Waals surface area contributed by atoms with Gasteiger partial charge in [0.05, 0.1) is 19.1 Å². The van der Waals surface area contributed by atoms with E-state index in [1.165, 1.54) is 24.0 Å². The van der Waals surface area contributed by atoms with Crippen molar-refractivity contribution in [3.05, 3.63) is 22.6 Å². The highest BCUT2D eigenvalue weighted by Gasteiger charge is 2.42. The Bertz CT molecular complexity index is 661. The molecule has 1 aromatic heterocycles. The zero-order valence-electron chi connectivity index (χ0n) is 12.8. The Morgan fingerprint density at radius 3 is 2.78 bits per heavy atom. The van der Waals surface area contributed by atoms with Gasteiger partial charge in [-0.05, 0) is 0 Å². The fourth-order valence-electron chi connectivity index (χ4n) is 3.41. The molecule has 0 aromatic carbocycles. The Balaban J connectivity index is 1.42. The molecule has 1 spiro atoms. The van der Waals surface area contributed by atoms with Gasteiger partial charge >= 0.3 is 0 Å². The van der Waals surface area contributed by atoms with E-state index in [0.717, 1.165) is 12.8 Å². The zero-order chi connectivity index (χ0) is 15.9. The van der Waals surface area contributed by atoms with E-state index in [0.29, 0.717) is 43.8 Å². The molecule has 124 valence electrons. The standard InChI is InChI=1S/C15H19N3O4S/c19-12-1-4-16-14-18(12)9-11(10-23-14)13(20)17-5-2-15(3-6-17)21-7-8-22-15/h1,4,11H,2-3,5-10H2/t11-/m0/s1. The first-order valence-electron chi connectivity index (χ1n) is 7.92. The Morgan fingerprint density at radius 2 is 2.04 bits per heavy atom. The van der Waals surface area contributed by atoms with Crippen LogP contribution in [0.25, 0.3) is 0 Å². The van der Waals surface area contributed by atoms with E-state index >= 15 is 0 Å². The highest BCUT2D eigenvalue weighted by Crippen LogP contribution is 2.33. The molecule has 0 N–H and O–H groups in total. The van der Waals surface area contributed by atoms with E-state index in [4.69, 9.17) is 9.47 Å². The summed E-state index contributed by atoms with van der Waals surface area (Å²) in [6.45, 7) is 2.99. The molecular weight excluding hydrogens is 318 g/mol. The number of rotatable bonds is 1. The molecule has 0 saturated carbocycles. The molecule has 2 saturated heterocycles. The Labute approximate surface area is 138 Å². The van der Waals surface area contributed by atoms with Crippen molar-refractivity contribution in [2.75, 3.05) is 32.1 Å². The minimum absolute atomic E-state index is 0.0923. The van der Waals surface area contributed by atoms with Crippen LogP contribution in [0.2, 0.25) is 0 Å². The van der Waals surface area contributed by atoms with Crippen molar-refractivity contribution < 1.29 is 14.3 Å². The molecule has 1 aromatic rings. The maximum Gasteiger partial charge on any atom is 0.254 e. The second kappa shape index (κ2) is 5.92. The monoisotopic (exact) mass is 337 g/mol. The first-order valence-corrected chi connectivity index (χ1v) is 8.91. The highest BCUT2D eigenvalue weighted by atomic mass is 32.2. The maximum absolute atomic E-state index is 12.8. The molecule has 0 radical (unpaired) electrons. The average Bonchev–Trinajstić information content (AvgIpc) is 3.03. The molecule has 2 fully saturated rings. The summed E-state index contributed by atoms with van der Waals surface area (Å²) in [6, 6.07) is 1.44. The highest BCUT2D eigenvalue weighted by molar-refractivity contribution is 7.99. The third kappa shape index (κ3) is 2.79. The summed E-state index contributed by atoms with van der Waals surface area (Å²) < 4.78 is 13.0. The van der Waals surface area contributed by atoms with Gasteiger partial charge in [-0.1, -0.05) is 11.8 Å². The van der Waals surface area contributed by atoms with E-state index in [-0.39, 0.29) is 17.4 Å². The summed E-state index contributed by atoms with van der Waals surface area (Å²) in [5, 5.41) is 0.701. The van der Waals surface area contributed by atoms with Crippen LogP contribution in [0.4, 0.5) is 0 Å². The van der Waals surface area contributed by atoms with Gasteiger partial charge in [-0.15, -0.1) is 0 Å². The second-order valence-electron chi connectivity index (χ2n) is 6.12. The third-order valence-corrected chi connectivity index (χ3v) is 5.87. The summed E-state index contributed by atoms with van der Waals surface area (Å²) in [7, 11) is 0. The Morgan fingerprint density at radius 1 is 1.30 bits per heavy atom. The number of hydrogen-bond acceptors (Lipinski definition) is 6. The van der Waals surface area contributed by atoms with Crippen molar-refractivity contribution in [2.24, 2.45) is 5.92 Å². The largest absolute Gasteiger partial charge is 0.347 e. The molecule has 4 rings (SSSR count). The molecule has 4 heterocycles. The van der Waals surface area contributed by atoms with Crippen LogP contribution in [0.5, 0.6) is 0 Å². The van der Waals surface area contributed by atoms with Gasteiger partial charge in [-0.2, -0.15) is 0 Å². The summed E-state index contributed by atoms with van der Waals surface area (Å²) in [5.74, 6) is 0.149.